The van der Waals surface area contributed by atoms with Crippen molar-refractivity contribution < 1.29 is 4.79 Å². The van der Waals surface area contributed by atoms with Gasteiger partial charge >= 0.3 is 0 Å². The molecular weight excluding hydrogens is 368 g/mol. The molecule has 0 unspecified atom stereocenters. The van der Waals surface area contributed by atoms with Crippen LogP contribution in [-0.2, 0) is 7.05 Å². The van der Waals surface area contributed by atoms with Crippen molar-refractivity contribution >= 4 is 24.3 Å². The number of H-pyrrole nitrogens is 1. The monoisotopic (exact) mass is 388 g/mol. The van der Waals surface area contributed by atoms with Gasteiger partial charge in [-0.2, -0.15) is 15.2 Å². The molecule has 0 radical (unpaired) electrons. The van der Waals surface area contributed by atoms with E-state index in [-0.39, 0.29) is 18.3 Å². The van der Waals surface area contributed by atoms with Gasteiger partial charge in [0.2, 0.25) is 5.95 Å². The van der Waals surface area contributed by atoms with Crippen LogP contribution in [0.2, 0.25) is 0 Å². The maximum absolute atomic E-state index is 12.6. The highest BCUT2D eigenvalue weighted by molar-refractivity contribution is 6.04. The van der Waals surface area contributed by atoms with E-state index in [2.05, 4.69) is 35.9 Å². The number of carbonyl (C=O) groups excluding carboxylic acids is 1. The summed E-state index contributed by atoms with van der Waals surface area (Å²) in [7, 11) is 1.79. The molecule has 3 aromatic rings. The predicted molar refractivity (Wildman–Crippen MR) is 103 cm³/mol. The normalized spacial score (nSPS) is 14.6. The Bertz CT molecular complexity index is 902. The second-order valence-electron chi connectivity index (χ2n) is 6.31. The first-order chi connectivity index (χ1) is 12.7. The van der Waals surface area contributed by atoms with Crippen LogP contribution in [0, 0.1) is 0 Å². The molecule has 1 aromatic carbocycles. The molecule has 1 amide bonds. The minimum Gasteiger partial charge on any atom is -0.317 e. The lowest BCUT2D eigenvalue weighted by molar-refractivity contribution is 0.102. The van der Waals surface area contributed by atoms with Crippen molar-refractivity contribution in [1.82, 2.24) is 35.3 Å². The van der Waals surface area contributed by atoms with Crippen LogP contribution < -0.4 is 10.6 Å². The van der Waals surface area contributed by atoms with Crippen molar-refractivity contribution in [1.29, 1.82) is 0 Å². The van der Waals surface area contributed by atoms with Crippen LogP contribution in [0.1, 0.15) is 34.9 Å². The number of aromatic amines is 1. The molecule has 10 heteroatoms. The van der Waals surface area contributed by atoms with Gasteiger partial charge in [-0.1, -0.05) is 12.1 Å². The Morgan fingerprint density at radius 1 is 1.30 bits per heavy atom. The number of aromatic nitrogens is 6. The SMILES string of the molecule is Cl.Cn1nc(C2CCNCC2)nc1NC(=O)c1cccc(-c2ncn[nH]2)c1. The molecule has 1 saturated heterocycles. The fourth-order valence-corrected chi connectivity index (χ4v) is 3.09. The average Bonchev–Trinajstić information content (AvgIpc) is 3.33. The van der Waals surface area contributed by atoms with Crippen LogP contribution in [0.3, 0.4) is 0 Å². The number of aryl methyl sites for hydroxylation is 1. The fourth-order valence-electron chi connectivity index (χ4n) is 3.09. The van der Waals surface area contributed by atoms with E-state index < -0.39 is 0 Å². The molecule has 0 saturated carbocycles. The first-order valence-corrected chi connectivity index (χ1v) is 8.59. The Morgan fingerprint density at radius 2 is 2.11 bits per heavy atom. The first-order valence-electron chi connectivity index (χ1n) is 8.59. The van der Waals surface area contributed by atoms with Crippen LogP contribution in [0.15, 0.2) is 30.6 Å². The van der Waals surface area contributed by atoms with E-state index in [4.69, 9.17) is 0 Å². The molecule has 1 aliphatic heterocycles. The molecule has 0 bridgehead atoms. The molecule has 3 N–H and O–H groups in total. The van der Waals surface area contributed by atoms with Gasteiger partial charge in [0.1, 0.15) is 6.33 Å². The van der Waals surface area contributed by atoms with E-state index in [1.54, 1.807) is 23.9 Å². The van der Waals surface area contributed by atoms with E-state index in [0.717, 1.165) is 37.3 Å². The third-order valence-electron chi connectivity index (χ3n) is 4.52. The number of rotatable bonds is 4. The largest absolute Gasteiger partial charge is 0.317 e. The van der Waals surface area contributed by atoms with Gasteiger partial charge in [0.05, 0.1) is 0 Å². The highest BCUT2D eigenvalue weighted by Gasteiger charge is 2.21. The van der Waals surface area contributed by atoms with Crippen molar-refractivity contribution in [2.75, 3.05) is 18.4 Å². The number of nitrogens with zero attached hydrogens (tertiary/aromatic N) is 5. The van der Waals surface area contributed by atoms with Crippen LogP contribution in [0.5, 0.6) is 0 Å². The molecule has 1 fully saturated rings. The van der Waals surface area contributed by atoms with Crippen LogP contribution in [0.25, 0.3) is 11.4 Å². The van der Waals surface area contributed by atoms with Gasteiger partial charge < -0.3 is 5.32 Å². The molecule has 27 heavy (non-hydrogen) atoms. The number of piperidine rings is 1. The summed E-state index contributed by atoms with van der Waals surface area (Å²) in [6, 6.07) is 7.19. The summed E-state index contributed by atoms with van der Waals surface area (Å²) in [5.41, 5.74) is 1.31. The topological polar surface area (TPSA) is 113 Å². The predicted octanol–water partition coefficient (Wildman–Crippen LogP) is 1.74. The van der Waals surface area contributed by atoms with E-state index in [9.17, 15) is 4.79 Å². The van der Waals surface area contributed by atoms with Gasteiger partial charge in [0, 0.05) is 24.1 Å². The molecule has 0 spiro atoms. The van der Waals surface area contributed by atoms with Crippen molar-refractivity contribution in [3.8, 4) is 11.4 Å². The van der Waals surface area contributed by atoms with Gasteiger partial charge in [-0.05, 0) is 38.1 Å². The van der Waals surface area contributed by atoms with E-state index in [1.807, 2.05) is 12.1 Å². The Kier molecular flexibility index (Phi) is 5.82. The van der Waals surface area contributed by atoms with Crippen molar-refractivity contribution in [2.24, 2.45) is 7.05 Å². The number of amides is 1. The molecule has 3 heterocycles. The van der Waals surface area contributed by atoms with Crippen molar-refractivity contribution in [2.45, 2.75) is 18.8 Å². The van der Waals surface area contributed by atoms with Gasteiger partial charge in [-0.3, -0.25) is 15.2 Å². The second-order valence-corrected chi connectivity index (χ2v) is 6.31. The molecule has 1 aliphatic rings. The lowest BCUT2D eigenvalue weighted by atomic mass is 9.98. The van der Waals surface area contributed by atoms with Gasteiger partial charge in [-0.15, -0.1) is 12.4 Å². The highest BCUT2D eigenvalue weighted by Crippen LogP contribution is 2.23. The zero-order valence-corrected chi connectivity index (χ0v) is 15.7. The number of hydrogen-bond donors (Lipinski definition) is 3. The summed E-state index contributed by atoms with van der Waals surface area (Å²) >= 11 is 0. The Morgan fingerprint density at radius 3 is 2.85 bits per heavy atom. The van der Waals surface area contributed by atoms with Crippen LogP contribution in [-0.4, -0.2) is 48.9 Å². The zero-order valence-electron chi connectivity index (χ0n) is 14.8. The van der Waals surface area contributed by atoms with E-state index in [1.165, 1.54) is 6.33 Å². The number of hydrogen-bond acceptors (Lipinski definition) is 6. The van der Waals surface area contributed by atoms with Crippen molar-refractivity contribution in [3.05, 3.63) is 42.0 Å². The minimum absolute atomic E-state index is 0. The average molecular weight is 389 g/mol. The highest BCUT2D eigenvalue weighted by atomic mass is 35.5. The summed E-state index contributed by atoms with van der Waals surface area (Å²) in [4.78, 5) is 21.3. The molecule has 2 aromatic heterocycles. The summed E-state index contributed by atoms with van der Waals surface area (Å²) < 4.78 is 1.62. The lowest BCUT2D eigenvalue weighted by Crippen LogP contribution is -2.27. The molecule has 9 nitrogen and oxygen atoms in total. The van der Waals surface area contributed by atoms with Crippen LogP contribution in [0.4, 0.5) is 5.95 Å². The minimum atomic E-state index is -0.237. The quantitative estimate of drug-likeness (QED) is 0.627. The number of nitrogens with one attached hydrogen (secondary N) is 3. The number of halogens is 1. The molecule has 0 atom stereocenters. The molecular formula is C17H21ClN8O. The Hall–Kier alpha value is -2.78. The second kappa shape index (κ2) is 8.28. The number of carbonyl (C=O) groups is 1. The summed E-state index contributed by atoms with van der Waals surface area (Å²) in [5.74, 6) is 1.96. The summed E-state index contributed by atoms with van der Waals surface area (Å²) in [5, 5.41) is 17.3. The van der Waals surface area contributed by atoms with Crippen molar-refractivity contribution in [3.63, 3.8) is 0 Å². The smallest absolute Gasteiger partial charge is 0.258 e. The lowest BCUT2D eigenvalue weighted by Gasteiger charge is -2.19. The van der Waals surface area contributed by atoms with E-state index in [0.29, 0.717) is 23.3 Å². The van der Waals surface area contributed by atoms with Gasteiger partial charge in [0.15, 0.2) is 11.6 Å². The van der Waals surface area contributed by atoms with Crippen LogP contribution >= 0.6 is 12.4 Å². The standard InChI is InChI=1S/C17H20N8O.ClH/c1-25-17(21-15(24-25)11-5-7-18-8-6-11)22-16(26)13-4-2-3-12(9-13)14-19-10-20-23-14;/h2-4,9-11,18H,5-8H2,1H3,(H,19,20,23)(H,21,22,24,26);1H. The summed E-state index contributed by atoms with van der Waals surface area (Å²) in [6.07, 6.45) is 3.46. The summed E-state index contributed by atoms with van der Waals surface area (Å²) in [6.45, 7) is 1.94. The number of benzene rings is 1. The third kappa shape index (κ3) is 4.15. The Labute approximate surface area is 162 Å². The van der Waals surface area contributed by atoms with Gasteiger partial charge in [0.25, 0.3) is 5.91 Å². The maximum Gasteiger partial charge on any atom is 0.258 e. The third-order valence-corrected chi connectivity index (χ3v) is 4.52. The molecule has 4 rings (SSSR count). The van der Waals surface area contributed by atoms with Gasteiger partial charge in [-0.25, -0.2) is 9.67 Å². The first kappa shape index (κ1) is 19.0. The molecule has 0 aliphatic carbocycles. The van der Waals surface area contributed by atoms with E-state index >= 15 is 0 Å². The molecule has 142 valence electrons. The number of anilines is 1. The zero-order chi connectivity index (χ0) is 17.9. The Balaban J connectivity index is 0.00000210. The fraction of sp³-hybridized carbons (Fsp3) is 0.353. The maximum atomic E-state index is 12.6.